The summed E-state index contributed by atoms with van der Waals surface area (Å²) >= 11 is 0. The van der Waals surface area contributed by atoms with Crippen LogP contribution in [0.2, 0.25) is 0 Å². The van der Waals surface area contributed by atoms with Crippen molar-refractivity contribution in [2.45, 2.75) is 44.2 Å². The van der Waals surface area contributed by atoms with Gasteiger partial charge in [-0.2, -0.15) is 4.31 Å². The number of nitrogens with zero attached hydrogens (tertiary/aromatic N) is 2. The second kappa shape index (κ2) is 9.33. The second-order valence-corrected chi connectivity index (χ2v) is 10.8. The lowest BCUT2D eigenvalue weighted by atomic mass is 9.82. The number of rotatable bonds is 5. The average Bonchev–Trinajstić information content (AvgIpc) is 2.79. The van der Waals surface area contributed by atoms with Crippen LogP contribution < -0.4 is 0 Å². The Kier molecular flexibility index (Phi) is 6.70. The Bertz CT molecular complexity index is 1050. The molecule has 2 aliphatic rings. The van der Waals surface area contributed by atoms with E-state index >= 15 is 0 Å². The maximum atomic E-state index is 13.4. The summed E-state index contributed by atoms with van der Waals surface area (Å²) in [6.45, 7) is 4.13. The predicted octanol–water partition coefficient (Wildman–Crippen LogP) is 3.79. The third-order valence-corrected chi connectivity index (χ3v) is 8.22. The topological polar surface area (TPSA) is 66.9 Å². The maximum absolute atomic E-state index is 13.4. The van der Waals surface area contributed by atoms with Crippen molar-refractivity contribution in [3.05, 3.63) is 60.2 Å². The first-order valence-corrected chi connectivity index (χ1v) is 13.2. The molecule has 0 saturated carbocycles. The fraction of sp³-hybridized carbons (Fsp3) is 0.480. The smallest absolute Gasteiger partial charge is 0.254 e. The van der Waals surface area contributed by atoms with E-state index in [1.165, 1.54) is 6.26 Å². The number of carbonyl (C=O) groups is 1. The number of likely N-dealkylation sites (tertiary alicyclic amines) is 1. The van der Waals surface area contributed by atoms with Gasteiger partial charge < -0.3 is 9.64 Å². The van der Waals surface area contributed by atoms with Crippen LogP contribution in [-0.4, -0.2) is 67.7 Å². The van der Waals surface area contributed by atoms with E-state index in [9.17, 15) is 13.2 Å². The van der Waals surface area contributed by atoms with Gasteiger partial charge in [0.1, 0.15) is 0 Å². The minimum Gasteiger partial charge on any atom is -0.375 e. The summed E-state index contributed by atoms with van der Waals surface area (Å²) in [4.78, 5) is 15.3. The van der Waals surface area contributed by atoms with E-state index in [2.05, 4.69) is 0 Å². The number of piperidine rings is 1. The van der Waals surface area contributed by atoms with Crippen LogP contribution in [0.25, 0.3) is 11.1 Å². The molecular weight excluding hydrogens is 424 g/mol. The van der Waals surface area contributed by atoms with Gasteiger partial charge in [0.2, 0.25) is 10.0 Å². The zero-order valence-electron chi connectivity index (χ0n) is 18.9. The van der Waals surface area contributed by atoms with Crippen LogP contribution in [0.4, 0.5) is 0 Å². The highest BCUT2D eigenvalue weighted by Gasteiger charge is 2.44. The molecule has 1 atom stereocenters. The molecule has 0 radical (unpaired) electrons. The number of carbonyl (C=O) groups excluding carboxylic acids is 1. The Morgan fingerprint density at radius 3 is 2.41 bits per heavy atom. The Morgan fingerprint density at radius 2 is 1.75 bits per heavy atom. The van der Waals surface area contributed by atoms with Crippen molar-refractivity contribution in [1.82, 2.24) is 9.21 Å². The van der Waals surface area contributed by atoms with E-state index in [4.69, 9.17) is 4.74 Å². The predicted molar refractivity (Wildman–Crippen MR) is 126 cm³/mol. The lowest BCUT2D eigenvalue weighted by Gasteiger charge is -2.47. The molecule has 2 aromatic rings. The minimum absolute atomic E-state index is 0.0372. The molecule has 2 saturated heterocycles. The summed E-state index contributed by atoms with van der Waals surface area (Å²) in [5.41, 5.74) is 2.34. The van der Waals surface area contributed by atoms with E-state index in [0.717, 1.165) is 30.4 Å². The molecule has 2 fully saturated rings. The zero-order chi connectivity index (χ0) is 22.8. The van der Waals surface area contributed by atoms with Gasteiger partial charge in [0.25, 0.3) is 5.91 Å². The quantitative estimate of drug-likeness (QED) is 0.687. The molecule has 32 heavy (non-hydrogen) atoms. The van der Waals surface area contributed by atoms with Crippen LogP contribution in [0.5, 0.6) is 0 Å². The molecule has 0 aliphatic carbocycles. The fourth-order valence-electron chi connectivity index (χ4n) is 5.19. The van der Waals surface area contributed by atoms with Gasteiger partial charge in [-0.3, -0.25) is 4.79 Å². The monoisotopic (exact) mass is 456 g/mol. The van der Waals surface area contributed by atoms with Crippen molar-refractivity contribution in [3.63, 3.8) is 0 Å². The molecule has 1 spiro atoms. The van der Waals surface area contributed by atoms with Crippen molar-refractivity contribution in [3.8, 4) is 11.1 Å². The van der Waals surface area contributed by atoms with Crippen molar-refractivity contribution in [1.29, 1.82) is 0 Å². The van der Waals surface area contributed by atoms with E-state index in [1.807, 2.05) is 66.4 Å². The number of sulfonamides is 1. The van der Waals surface area contributed by atoms with Gasteiger partial charge in [0.15, 0.2) is 0 Å². The van der Waals surface area contributed by atoms with Crippen LogP contribution in [0.1, 0.15) is 43.0 Å². The van der Waals surface area contributed by atoms with Crippen LogP contribution in [0.3, 0.4) is 0 Å². The molecule has 2 heterocycles. The minimum atomic E-state index is -3.25. The number of hydrogen-bond donors (Lipinski definition) is 0. The Morgan fingerprint density at radius 1 is 1.09 bits per heavy atom. The lowest BCUT2D eigenvalue weighted by Crippen LogP contribution is -2.55. The van der Waals surface area contributed by atoms with Crippen molar-refractivity contribution >= 4 is 15.9 Å². The first kappa shape index (κ1) is 23.0. The molecule has 7 heteroatoms. The van der Waals surface area contributed by atoms with Gasteiger partial charge in [-0.15, -0.1) is 0 Å². The van der Waals surface area contributed by atoms with Crippen LogP contribution in [0, 0.1) is 0 Å². The molecule has 4 rings (SSSR count). The third-order valence-electron chi connectivity index (χ3n) is 6.82. The number of ether oxygens (including phenoxy) is 1. The molecule has 1 unspecified atom stereocenters. The van der Waals surface area contributed by atoms with Gasteiger partial charge in [-0.25, -0.2) is 8.42 Å². The molecule has 0 bridgehead atoms. The van der Waals surface area contributed by atoms with Gasteiger partial charge in [0.05, 0.1) is 11.9 Å². The van der Waals surface area contributed by atoms with Crippen molar-refractivity contribution in [2.24, 2.45) is 0 Å². The Labute approximate surface area is 191 Å². The van der Waals surface area contributed by atoms with Crippen LogP contribution in [0.15, 0.2) is 54.6 Å². The molecule has 1 amide bonds. The first-order valence-electron chi connectivity index (χ1n) is 11.4. The molecule has 0 N–H and O–H groups in total. The normalized spacial score (nSPS) is 21.1. The zero-order valence-corrected chi connectivity index (χ0v) is 19.7. The lowest BCUT2D eigenvalue weighted by molar-refractivity contribution is -0.122. The molecule has 172 valence electrons. The number of amides is 1. The van der Waals surface area contributed by atoms with Gasteiger partial charge in [-0.1, -0.05) is 55.5 Å². The largest absolute Gasteiger partial charge is 0.375 e. The Balaban J connectivity index is 1.47. The molecule has 6 nitrogen and oxygen atoms in total. The number of hydrogen-bond acceptors (Lipinski definition) is 4. The molecule has 0 aromatic heterocycles. The SMILES string of the molecule is CCN(C1CCOC2(CCN(C(=O)c3ccccc3-c3ccccc3)CC2)C1)S(C)(=O)=O. The summed E-state index contributed by atoms with van der Waals surface area (Å²) in [6, 6.07) is 17.7. The van der Waals surface area contributed by atoms with Gasteiger partial charge >= 0.3 is 0 Å². The maximum Gasteiger partial charge on any atom is 0.254 e. The highest BCUT2D eigenvalue weighted by atomic mass is 32.2. The Hall–Kier alpha value is -2.22. The molecule has 2 aromatic carbocycles. The van der Waals surface area contributed by atoms with E-state index in [-0.39, 0.29) is 17.6 Å². The van der Waals surface area contributed by atoms with Gasteiger partial charge in [-0.05, 0) is 42.9 Å². The summed E-state index contributed by atoms with van der Waals surface area (Å²) in [7, 11) is -3.25. The van der Waals surface area contributed by atoms with E-state index < -0.39 is 10.0 Å². The average molecular weight is 457 g/mol. The molecular formula is C25H32N2O4S. The summed E-state index contributed by atoms with van der Waals surface area (Å²) < 4.78 is 32.2. The van der Waals surface area contributed by atoms with Crippen molar-refractivity contribution in [2.75, 3.05) is 32.5 Å². The summed E-state index contributed by atoms with van der Waals surface area (Å²) in [5, 5.41) is 0. The standard InChI is InChI=1S/C25H32N2O4S/c1-3-27(32(2,29)30)21-13-18-31-25(19-21)14-16-26(17-15-25)24(28)23-12-8-7-11-22(23)20-9-5-4-6-10-20/h4-12,21H,3,13-19H2,1-2H3. The third kappa shape index (κ3) is 4.75. The van der Waals surface area contributed by atoms with E-state index in [1.54, 1.807) is 4.31 Å². The van der Waals surface area contributed by atoms with E-state index in [0.29, 0.717) is 38.2 Å². The summed E-state index contributed by atoms with van der Waals surface area (Å²) in [5.74, 6) is 0.0398. The second-order valence-electron chi connectivity index (χ2n) is 8.85. The summed E-state index contributed by atoms with van der Waals surface area (Å²) in [6.07, 6.45) is 4.14. The van der Waals surface area contributed by atoms with Crippen molar-refractivity contribution < 1.29 is 17.9 Å². The first-order chi connectivity index (χ1) is 15.3. The molecule has 2 aliphatic heterocycles. The van der Waals surface area contributed by atoms with Crippen LogP contribution >= 0.6 is 0 Å². The van der Waals surface area contributed by atoms with Gasteiger partial charge in [0, 0.05) is 37.8 Å². The van der Waals surface area contributed by atoms with Crippen LogP contribution in [-0.2, 0) is 14.8 Å². The fourth-order valence-corrected chi connectivity index (χ4v) is 6.38. The number of benzene rings is 2. The highest BCUT2D eigenvalue weighted by Crippen LogP contribution is 2.38. The highest BCUT2D eigenvalue weighted by molar-refractivity contribution is 7.88.